The Hall–Kier alpha value is -4.85. The number of anilines is 2. The third-order valence-electron chi connectivity index (χ3n) is 7.66. The second-order valence-electron chi connectivity index (χ2n) is 10.4. The maximum atomic E-state index is 14.1. The van der Waals surface area contributed by atoms with Crippen molar-refractivity contribution >= 4 is 23.1 Å². The lowest BCUT2D eigenvalue weighted by molar-refractivity contribution is -0.170. The first-order valence-electron chi connectivity index (χ1n) is 13.6. The first-order valence-corrected chi connectivity index (χ1v) is 13.6. The van der Waals surface area contributed by atoms with Crippen LogP contribution in [-0.4, -0.2) is 17.9 Å². The van der Waals surface area contributed by atoms with Crippen molar-refractivity contribution in [3.05, 3.63) is 137 Å². The number of amides is 1. The van der Waals surface area contributed by atoms with Crippen LogP contribution < -0.4 is 15.0 Å². The fourth-order valence-electron chi connectivity index (χ4n) is 5.81. The Morgan fingerprint density at radius 2 is 1.48 bits per heavy atom. The lowest BCUT2D eigenvalue weighted by Crippen LogP contribution is -2.45. The minimum Gasteiger partial charge on any atom is -0.489 e. The Morgan fingerprint density at radius 3 is 2.21 bits per heavy atom. The molecule has 4 aromatic rings. The van der Waals surface area contributed by atoms with E-state index >= 15 is 0 Å². The average Bonchev–Trinajstić information content (AvgIpc) is 3.15. The number of carbonyl (C=O) groups is 2. The lowest BCUT2D eigenvalue weighted by atomic mass is 9.78. The molecule has 0 unspecified atom stereocenters. The molecule has 1 N–H and O–H groups in total. The van der Waals surface area contributed by atoms with Crippen molar-refractivity contribution in [3.63, 3.8) is 0 Å². The van der Waals surface area contributed by atoms with Gasteiger partial charge in [-0.3, -0.25) is 14.5 Å². The zero-order valence-corrected chi connectivity index (χ0v) is 22.5. The molecule has 1 heterocycles. The van der Waals surface area contributed by atoms with E-state index in [9.17, 15) is 22.8 Å². The standard InChI is InChI=1S/C34H27F3N2O3/c35-34(36,37)33(41)39-28-17-9-8-16-26(28)38-27-19-24(20-29(40)31(27)32(39)23-13-5-2-6-14-23)25-15-7-10-18-30(25)42-21-22-11-3-1-4-12-22/h1-18,24,32,38H,19-21H2/t24-,32+/m0/s1. The number of nitrogens with zero attached hydrogens (tertiary/aromatic N) is 1. The minimum absolute atomic E-state index is 0.0547. The summed E-state index contributed by atoms with van der Waals surface area (Å²) in [6, 6.07) is 30.7. The van der Waals surface area contributed by atoms with Crippen molar-refractivity contribution in [3.8, 4) is 5.75 Å². The van der Waals surface area contributed by atoms with Crippen molar-refractivity contribution in [2.24, 2.45) is 0 Å². The first kappa shape index (κ1) is 27.3. The van der Waals surface area contributed by atoms with Gasteiger partial charge in [0.05, 0.1) is 17.4 Å². The van der Waals surface area contributed by atoms with Crippen molar-refractivity contribution in [1.82, 2.24) is 0 Å². The molecule has 0 radical (unpaired) electrons. The van der Waals surface area contributed by atoms with Crippen LogP contribution in [0.2, 0.25) is 0 Å². The van der Waals surface area contributed by atoms with Gasteiger partial charge >= 0.3 is 12.1 Å². The number of allylic oxidation sites excluding steroid dienone is 1. The summed E-state index contributed by atoms with van der Waals surface area (Å²) in [6.45, 7) is 0.350. The van der Waals surface area contributed by atoms with Crippen molar-refractivity contribution < 1.29 is 27.5 Å². The second-order valence-corrected chi connectivity index (χ2v) is 10.4. The number of ketones is 1. The van der Waals surface area contributed by atoms with E-state index in [0.29, 0.717) is 35.7 Å². The highest BCUT2D eigenvalue weighted by Gasteiger charge is 2.50. The number of alkyl halides is 3. The van der Waals surface area contributed by atoms with Gasteiger partial charge in [0.1, 0.15) is 12.4 Å². The molecule has 0 bridgehead atoms. The van der Waals surface area contributed by atoms with Crippen molar-refractivity contribution in [1.29, 1.82) is 0 Å². The average molecular weight is 569 g/mol. The van der Waals surface area contributed by atoms with Gasteiger partial charge in [0.15, 0.2) is 5.78 Å². The quantitative estimate of drug-likeness (QED) is 0.268. The molecule has 6 rings (SSSR count). The van der Waals surface area contributed by atoms with Crippen LogP contribution in [0.4, 0.5) is 24.5 Å². The van der Waals surface area contributed by atoms with Gasteiger partial charge in [-0.05, 0) is 41.3 Å². The molecule has 212 valence electrons. The number of Topliss-reactive ketones (excluding diaryl/α,β-unsaturated/α-hetero) is 1. The van der Waals surface area contributed by atoms with E-state index in [1.165, 1.54) is 6.07 Å². The molecule has 0 spiro atoms. The number of para-hydroxylation sites is 3. The van der Waals surface area contributed by atoms with E-state index in [0.717, 1.165) is 16.0 Å². The highest BCUT2D eigenvalue weighted by Crippen LogP contribution is 2.49. The number of hydrogen-bond donors (Lipinski definition) is 1. The van der Waals surface area contributed by atoms with Crippen LogP contribution in [0.5, 0.6) is 5.75 Å². The largest absolute Gasteiger partial charge is 0.489 e. The number of ether oxygens (including phenoxy) is 1. The molecule has 0 aromatic heterocycles. The number of benzene rings is 4. The van der Waals surface area contributed by atoms with Crippen LogP contribution in [0.3, 0.4) is 0 Å². The van der Waals surface area contributed by atoms with E-state index < -0.39 is 18.1 Å². The molecule has 0 saturated carbocycles. The van der Waals surface area contributed by atoms with Gasteiger partial charge in [0, 0.05) is 23.6 Å². The Morgan fingerprint density at radius 1 is 0.833 bits per heavy atom. The molecule has 0 fully saturated rings. The maximum Gasteiger partial charge on any atom is 0.471 e. The Balaban J connectivity index is 1.44. The zero-order valence-electron chi connectivity index (χ0n) is 22.5. The summed E-state index contributed by atoms with van der Waals surface area (Å²) >= 11 is 0. The Labute approximate surface area is 241 Å². The summed E-state index contributed by atoms with van der Waals surface area (Å²) in [4.78, 5) is 27.8. The van der Waals surface area contributed by atoms with Crippen LogP contribution in [0.1, 0.15) is 41.5 Å². The molecule has 1 aliphatic carbocycles. The summed E-state index contributed by atoms with van der Waals surface area (Å²) in [6.07, 6.45) is -4.75. The van der Waals surface area contributed by atoms with Crippen LogP contribution in [-0.2, 0) is 16.2 Å². The zero-order chi connectivity index (χ0) is 29.3. The molecule has 2 aliphatic rings. The third kappa shape index (κ3) is 5.28. The lowest BCUT2D eigenvalue weighted by Gasteiger charge is -2.35. The number of fused-ring (bicyclic) bond motifs is 1. The predicted molar refractivity (Wildman–Crippen MR) is 154 cm³/mol. The van der Waals surface area contributed by atoms with Crippen LogP contribution in [0.25, 0.3) is 0 Å². The first-order chi connectivity index (χ1) is 20.3. The van der Waals surface area contributed by atoms with Gasteiger partial charge in [0.25, 0.3) is 0 Å². The molecular formula is C34H27F3N2O3. The monoisotopic (exact) mass is 568 g/mol. The number of halogens is 3. The van der Waals surface area contributed by atoms with E-state index in [1.807, 2.05) is 54.6 Å². The summed E-state index contributed by atoms with van der Waals surface area (Å²) in [5.41, 5.74) is 3.29. The fourth-order valence-corrected chi connectivity index (χ4v) is 5.81. The molecule has 5 nitrogen and oxygen atoms in total. The van der Waals surface area contributed by atoms with Gasteiger partial charge in [-0.15, -0.1) is 0 Å². The van der Waals surface area contributed by atoms with E-state index in [-0.39, 0.29) is 29.4 Å². The SMILES string of the molecule is O=C1C[C@@H](c2ccccc2OCc2ccccc2)CC2=C1[C@@H](c1ccccc1)N(C(=O)C(F)(F)F)c1ccccc1N2. The van der Waals surface area contributed by atoms with Crippen molar-refractivity contribution in [2.45, 2.75) is 37.6 Å². The second kappa shape index (κ2) is 11.2. The van der Waals surface area contributed by atoms with Gasteiger partial charge in [-0.1, -0.05) is 91.0 Å². The third-order valence-corrected chi connectivity index (χ3v) is 7.66. The van der Waals surface area contributed by atoms with Crippen LogP contribution in [0.15, 0.2) is 120 Å². The summed E-state index contributed by atoms with van der Waals surface area (Å²) in [7, 11) is 0. The summed E-state index contributed by atoms with van der Waals surface area (Å²) < 4.78 is 48.4. The number of rotatable bonds is 5. The maximum absolute atomic E-state index is 14.1. The number of nitrogens with one attached hydrogen (secondary N) is 1. The summed E-state index contributed by atoms with van der Waals surface area (Å²) in [5, 5.41) is 3.26. The van der Waals surface area contributed by atoms with Gasteiger partial charge in [0.2, 0.25) is 0 Å². The van der Waals surface area contributed by atoms with E-state index in [4.69, 9.17) is 4.74 Å². The van der Waals surface area contributed by atoms with E-state index in [2.05, 4.69) is 5.32 Å². The fraction of sp³-hybridized carbons (Fsp3) is 0.176. The smallest absolute Gasteiger partial charge is 0.471 e. The molecule has 0 saturated heterocycles. The molecule has 4 aromatic carbocycles. The van der Waals surface area contributed by atoms with Gasteiger partial charge < -0.3 is 10.1 Å². The molecule has 1 amide bonds. The predicted octanol–water partition coefficient (Wildman–Crippen LogP) is 7.73. The van der Waals surface area contributed by atoms with Crippen LogP contribution in [0, 0.1) is 0 Å². The molecule has 42 heavy (non-hydrogen) atoms. The summed E-state index contributed by atoms with van der Waals surface area (Å²) in [5.74, 6) is -2.00. The molecule has 8 heteroatoms. The van der Waals surface area contributed by atoms with Crippen molar-refractivity contribution in [2.75, 3.05) is 10.2 Å². The highest BCUT2D eigenvalue weighted by molar-refractivity contribution is 6.07. The molecular weight excluding hydrogens is 541 g/mol. The van der Waals surface area contributed by atoms with Gasteiger partial charge in [-0.2, -0.15) is 13.2 Å². The van der Waals surface area contributed by atoms with Crippen LogP contribution >= 0.6 is 0 Å². The Bertz CT molecular complexity index is 1650. The highest BCUT2D eigenvalue weighted by atomic mass is 19.4. The van der Waals surface area contributed by atoms with Gasteiger partial charge in [-0.25, -0.2) is 0 Å². The molecule has 1 aliphatic heterocycles. The normalized spacial score (nSPS) is 18.5. The Kier molecular flexibility index (Phi) is 7.29. The number of carbonyl (C=O) groups excluding carboxylic acids is 2. The number of hydrogen-bond acceptors (Lipinski definition) is 4. The topological polar surface area (TPSA) is 58.6 Å². The minimum atomic E-state index is -5.15. The molecule has 2 atom stereocenters. The van der Waals surface area contributed by atoms with E-state index in [1.54, 1.807) is 48.5 Å².